The highest BCUT2D eigenvalue weighted by atomic mass is 32.2. The van der Waals surface area contributed by atoms with Crippen LogP contribution in [-0.2, 0) is 29.5 Å². The van der Waals surface area contributed by atoms with Crippen LogP contribution in [0.2, 0.25) is 0 Å². The first kappa shape index (κ1) is 46.5. The van der Waals surface area contributed by atoms with Crippen molar-refractivity contribution in [1.82, 2.24) is 0 Å². The SMILES string of the molecule is CCCCCCCCS(=O)(=O)c1ccc2c(c1)C1=NC3=NC(=NC4=NC(=NC2=N1)c1cc(S(=O)(=O)CCCCCCCC)ccc14)c1cc(S(=O)(=O)CCCCCCCC)ccc13. The maximum Gasteiger partial charge on any atom is 0.178 e. The molecular weight excluding hydrogens is 853 g/mol. The van der Waals surface area contributed by atoms with Gasteiger partial charge in [0, 0.05) is 33.4 Å². The van der Waals surface area contributed by atoms with E-state index in [0.29, 0.717) is 52.6 Å². The number of hydrogen-bond donors (Lipinski definition) is 0. The molecule has 3 aromatic carbocycles. The molecule has 0 saturated heterocycles. The lowest BCUT2D eigenvalue weighted by molar-refractivity contribution is 0.582. The average Bonchev–Trinajstić information content (AvgIpc) is 3.91. The summed E-state index contributed by atoms with van der Waals surface area (Å²) in [6.07, 6.45) is 17.1. The Hall–Kier alpha value is -4.47. The van der Waals surface area contributed by atoms with E-state index in [9.17, 15) is 25.3 Å². The van der Waals surface area contributed by atoms with Gasteiger partial charge in [-0.2, -0.15) is 0 Å². The lowest BCUT2D eigenvalue weighted by Gasteiger charge is -2.08. The topological polar surface area (TPSA) is 177 Å². The van der Waals surface area contributed by atoms with Gasteiger partial charge in [0.15, 0.2) is 64.5 Å². The molecule has 63 heavy (non-hydrogen) atoms. The molecule has 0 N–H and O–H groups in total. The van der Waals surface area contributed by atoms with Crippen LogP contribution in [0.4, 0.5) is 0 Å². The van der Waals surface area contributed by atoms with Crippen LogP contribution in [0, 0.1) is 0 Å². The van der Waals surface area contributed by atoms with E-state index in [1.165, 1.54) is 0 Å². The van der Waals surface area contributed by atoms with Gasteiger partial charge in [-0.25, -0.2) is 55.2 Å². The maximum atomic E-state index is 13.7. The van der Waals surface area contributed by atoms with E-state index in [1.807, 2.05) is 0 Å². The van der Waals surface area contributed by atoms with Crippen LogP contribution < -0.4 is 0 Å². The van der Waals surface area contributed by atoms with Crippen molar-refractivity contribution in [3.63, 3.8) is 0 Å². The minimum absolute atomic E-state index is 0.0166. The smallest absolute Gasteiger partial charge is 0.178 e. The lowest BCUT2D eigenvalue weighted by atomic mass is 10.1. The van der Waals surface area contributed by atoms with Crippen LogP contribution in [0.15, 0.2) is 99.2 Å². The summed E-state index contributed by atoms with van der Waals surface area (Å²) in [6.45, 7) is 6.44. The van der Waals surface area contributed by atoms with Crippen molar-refractivity contribution < 1.29 is 25.3 Å². The van der Waals surface area contributed by atoms with Crippen molar-refractivity contribution in [3.8, 4) is 0 Å². The molecule has 12 nitrogen and oxygen atoms in total. The zero-order valence-electron chi connectivity index (χ0n) is 36.9. The van der Waals surface area contributed by atoms with E-state index < -0.39 is 29.5 Å². The molecule has 0 aromatic heterocycles. The van der Waals surface area contributed by atoms with Gasteiger partial charge in [-0.15, -0.1) is 0 Å². The van der Waals surface area contributed by atoms with Crippen molar-refractivity contribution in [3.05, 3.63) is 88.0 Å². The van der Waals surface area contributed by atoms with Crippen LogP contribution in [0.3, 0.4) is 0 Å². The Balaban J connectivity index is 1.28. The minimum atomic E-state index is -3.65. The van der Waals surface area contributed by atoms with Gasteiger partial charge in [-0.3, -0.25) is 0 Å². The second-order valence-electron chi connectivity index (χ2n) is 17.0. The molecule has 0 atom stereocenters. The molecular formula is C48H60N6O6S3. The number of hydrogen-bond acceptors (Lipinski definition) is 12. The van der Waals surface area contributed by atoms with Crippen LogP contribution in [0.1, 0.15) is 170 Å². The molecule has 7 rings (SSSR count). The number of unbranched alkanes of at least 4 members (excludes halogenated alkanes) is 15. The summed E-state index contributed by atoms with van der Waals surface area (Å²) >= 11 is 0. The molecule has 0 saturated carbocycles. The third kappa shape index (κ3) is 10.9. The quantitative estimate of drug-likeness (QED) is 0.0808. The monoisotopic (exact) mass is 912 g/mol. The second-order valence-corrected chi connectivity index (χ2v) is 23.3. The molecule has 4 aliphatic heterocycles. The summed E-state index contributed by atoms with van der Waals surface area (Å²) in [5, 5.41) is 0. The Morgan fingerprint density at radius 3 is 0.778 bits per heavy atom. The first-order valence-corrected chi connectivity index (χ1v) is 28.0. The molecule has 0 fully saturated rings. The molecule has 0 amide bonds. The lowest BCUT2D eigenvalue weighted by Crippen LogP contribution is -2.10. The third-order valence-electron chi connectivity index (χ3n) is 12.1. The molecule has 336 valence electrons. The van der Waals surface area contributed by atoms with E-state index in [4.69, 9.17) is 30.0 Å². The number of nitrogens with zero attached hydrogens (tertiary/aromatic N) is 6. The predicted molar refractivity (Wildman–Crippen MR) is 255 cm³/mol. The second kappa shape index (κ2) is 20.6. The van der Waals surface area contributed by atoms with Gasteiger partial charge in [-0.05, 0) is 73.9 Å². The van der Waals surface area contributed by atoms with Crippen LogP contribution in [0.5, 0.6) is 0 Å². The number of rotatable bonds is 24. The van der Waals surface area contributed by atoms with Crippen LogP contribution in [-0.4, -0.2) is 77.5 Å². The van der Waals surface area contributed by atoms with E-state index in [1.54, 1.807) is 54.6 Å². The number of aliphatic imine (C=N–C) groups is 6. The van der Waals surface area contributed by atoms with Gasteiger partial charge < -0.3 is 0 Å². The van der Waals surface area contributed by atoms with Gasteiger partial charge in [-0.1, -0.05) is 117 Å². The predicted octanol–water partition coefficient (Wildman–Crippen LogP) is 10.0. The fraction of sp³-hybridized carbons (Fsp3) is 0.500. The molecule has 4 aliphatic rings. The van der Waals surface area contributed by atoms with Crippen LogP contribution in [0.25, 0.3) is 0 Å². The van der Waals surface area contributed by atoms with Crippen molar-refractivity contribution in [2.24, 2.45) is 30.0 Å². The highest BCUT2D eigenvalue weighted by Gasteiger charge is 2.33. The largest absolute Gasteiger partial charge is 0.224 e. The summed E-state index contributed by atoms with van der Waals surface area (Å²) < 4.78 is 82.2. The van der Waals surface area contributed by atoms with Gasteiger partial charge in [0.2, 0.25) is 0 Å². The van der Waals surface area contributed by atoms with Crippen LogP contribution >= 0.6 is 0 Å². The third-order valence-corrected chi connectivity index (χ3v) is 17.5. The first-order valence-electron chi connectivity index (χ1n) is 23.0. The molecule has 3 aromatic rings. The van der Waals surface area contributed by atoms with E-state index in [0.717, 1.165) is 96.3 Å². The Morgan fingerprint density at radius 2 is 0.524 bits per heavy atom. The highest BCUT2D eigenvalue weighted by Crippen LogP contribution is 2.33. The maximum absolute atomic E-state index is 13.7. The van der Waals surface area contributed by atoms with Crippen molar-refractivity contribution in [2.45, 2.75) is 151 Å². The van der Waals surface area contributed by atoms with E-state index >= 15 is 0 Å². The number of amidine groups is 6. The molecule has 6 bridgehead atoms. The fourth-order valence-electron chi connectivity index (χ4n) is 8.34. The summed E-state index contributed by atoms with van der Waals surface area (Å²) in [4.78, 5) is 29.7. The molecule has 0 radical (unpaired) electrons. The molecule has 0 spiro atoms. The number of fused-ring (bicyclic) bond motifs is 12. The van der Waals surface area contributed by atoms with E-state index in [2.05, 4.69) is 20.8 Å². The highest BCUT2D eigenvalue weighted by molar-refractivity contribution is 7.92. The summed E-state index contributed by atoms with van der Waals surface area (Å²) in [6, 6.07) is 14.5. The van der Waals surface area contributed by atoms with Gasteiger partial charge >= 0.3 is 0 Å². The Morgan fingerprint density at radius 1 is 0.302 bits per heavy atom. The first-order chi connectivity index (χ1) is 30.3. The molecule has 15 heteroatoms. The average molecular weight is 913 g/mol. The van der Waals surface area contributed by atoms with Gasteiger partial charge in [0.25, 0.3) is 0 Å². The fourth-order valence-corrected chi connectivity index (χ4v) is 12.5. The Labute approximate surface area is 374 Å². The number of sulfone groups is 3. The zero-order chi connectivity index (χ0) is 44.6. The molecule has 0 aliphatic carbocycles. The Bertz CT molecular complexity index is 2450. The molecule has 0 unspecified atom stereocenters. The van der Waals surface area contributed by atoms with Crippen molar-refractivity contribution in [1.29, 1.82) is 0 Å². The number of benzene rings is 3. The standard InChI is InChI=1S/C48H60N6O6S3/c1-4-7-10-13-16-19-28-61(55,56)34-22-25-37-40(31-34)46-49-43(37)53-47-42-33-36(63(59,60)30-21-18-15-12-9-6-3)24-27-39(42)45(51-47)54-48-41-32-35(23-26-38(41)44(50-48)52-46)62(57,58)29-20-17-14-11-8-5-2/h22-27,31-33H,4-21,28-30H2,1-3H3. The minimum Gasteiger partial charge on any atom is -0.224 e. The summed E-state index contributed by atoms with van der Waals surface area (Å²) in [5.41, 5.74) is 2.95. The zero-order valence-corrected chi connectivity index (χ0v) is 39.4. The van der Waals surface area contributed by atoms with Crippen molar-refractivity contribution >= 4 is 64.5 Å². The molecule has 4 heterocycles. The van der Waals surface area contributed by atoms with Crippen molar-refractivity contribution in [2.75, 3.05) is 17.3 Å². The summed E-state index contributed by atoms with van der Waals surface area (Å²) in [7, 11) is -10.9. The van der Waals surface area contributed by atoms with Gasteiger partial charge in [0.1, 0.15) is 0 Å². The van der Waals surface area contributed by atoms with Gasteiger partial charge in [0.05, 0.1) is 31.9 Å². The Kier molecular flexibility index (Phi) is 15.2. The summed E-state index contributed by atoms with van der Waals surface area (Å²) in [5.74, 6) is 1.30. The normalized spacial score (nSPS) is 15.3. The van der Waals surface area contributed by atoms with E-state index in [-0.39, 0.29) is 67.0 Å².